The van der Waals surface area contributed by atoms with Crippen molar-refractivity contribution in [2.45, 2.75) is 31.3 Å². The average molecular weight is 351 g/mol. The fourth-order valence-corrected chi connectivity index (χ4v) is 3.84. The fourth-order valence-electron chi connectivity index (χ4n) is 3.84. The molecule has 4 nitrogen and oxygen atoms in total. The summed E-state index contributed by atoms with van der Waals surface area (Å²) in [5.41, 5.74) is 3.13. The molecule has 2 aromatic rings. The Balaban J connectivity index is 1.42. The van der Waals surface area contributed by atoms with Gasteiger partial charge in [0.25, 0.3) is 5.91 Å². The van der Waals surface area contributed by atoms with Gasteiger partial charge in [0.15, 0.2) is 0 Å². The van der Waals surface area contributed by atoms with Crippen LogP contribution in [0.2, 0.25) is 0 Å². The molecule has 0 saturated carbocycles. The van der Waals surface area contributed by atoms with Crippen molar-refractivity contribution < 1.29 is 14.6 Å². The maximum Gasteiger partial charge on any atom is 0.253 e. The molecule has 0 radical (unpaired) electrons. The highest BCUT2D eigenvalue weighted by molar-refractivity contribution is 5.94. The second-order valence-electron chi connectivity index (χ2n) is 7.58. The standard InChI is InChI=1S/C22H25NO3/c1-16-5-7-17(8-6-16)18-9-11-23(12-10-18)21(24)19-3-2-4-20(13-19)22(25)14-26-15-22/h2-8,13,18,25H,9-12,14-15H2,1H3. The van der Waals surface area contributed by atoms with Gasteiger partial charge in [-0.1, -0.05) is 42.0 Å². The zero-order valence-electron chi connectivity index (χ0n) is 15.1. The normalized spacial score (nSPS) is 19.8. The summed E-state index contributed by atoms with van der Waals surface area (Å²) in [7, 11) is 0. The summed E-state index contributed by atoms with van der Waals surface area (Å²) < 4.78 is 5.12. The van der Waals surface area contributed by atoms with Crippen molar-refractivity contribution in [2.75, 3.05) is 26.3 Å². The number of benzene rings is 2. The van der Waals surface area contributed by atoms with Crippen LogP contribution in [0.4, 0.5) is 0 Å². The number of hydrogen-bond acceptors (Lipinski definition) is 3. The largest absolute Gasteiger partial charge is 0.380 e. The Morgan fingerprint density at radius 1 is 1.12 bits per heavy atom. The van der Waals surface area contributed by atoms with Crippen molar-refractivity contribution in [1.82, 2.24) is 4.90 Å². The molecule has 2 saturated heterocycles. The third-order valence-electron chi connectivity index (χ3n) is 5.66. The van der Waals surface area contributed by atoms with E-state index < -0.39 is 5.60 Å². The molecule has 4 rings (SSSR count). The topological polar surface area (TPSA) is 49.8 Å². The van der Waals surface area contributed by atoms with Crippen LogP contribution in [-0.2, 0) is 10.3 Å². The number of nitrogens with zero attached hydrogens (tertiary/aromatic N) is 1. The van der Waals surface area contributed by atoms with Gasteiger partial charge in [0.05, 0.1) is 13.2 Å². The lowest BCUT2D eigenvalue weighted by Gasteiger charge is -2.37. The van der Waals surface area contributed by atoms with Crippen molar-refractivity contribution in [3.63, 3.8) is 0 Å². The highest BCUT2D eigenvalue weighted by atomic mass is 16.5. The van der Waals surface area contributed by atoms with Gasteiger partial charge in [0.2, 0.25) is 0 Å². The van der Waals surface area contributed by atoms with E-state index in [1.54, 1.807) is 0 Å². The maximum atomic E-state index is 12.9. The average Bonchev–Trinajstić information content (AvgIpc) is 2.66. The molecule has 1 amide bonds. The molecule has 2 heterocycles. The number of carbonyl (C=O) groups is 1. The molecule has 1 N–H and O–H groups in total. The number of carbonyl (C=O) groups excluding carboxylic acids is 1. The zero-order valence-corrected chi connectivity index (χ0v) is 15.1. The van der Waals surface area contributed by atoms with Crippen molar-refractivity contribution >= 4 is 5.91 Å². The van der Waals surface area contributed by atoms with Gasteiger partial charge in [0.1, 0.15) is 5.60 Å². The minimum absolute atomic E-state index is 0.0537. The van der Waals surface area contributed by atoms with E-state index in [0.717, 1.165) is 31.5 Å². The van der Waals surface area contributed by atoms with Gasteiger partial charge >= 0.3 is 0 Å². The molecule has 0 unspecified atom stereocenters. The lowest BCUT2D eigenvalue weighted by molar-refractivity contribution is -0.184. The molecule has 0 aromatic heterocycles. The lowest BCUT2D eigenvalue weighted by atomic mass is 9.88. The molecular weight excluding hydrogens is 326 g/mol. The van der Waals surface area contributed by atoms with Crippen LogP contribution < -0.4 is 0 Å². The Hall–Kier alpha value is -2.17. The predicted molar refractivity (Wildman–Crippen MR) is 100 cm³/mol. The molecule has 2 fully saturated rings. The smallest absolute Gasteiger partial charge is 0.253 e. The van der Waals surface area contributed by atoms with Gasteiger partial charge in [-0.25, -0.2) is 0 Å². The molecule has 0 bridgehead atoms. The number of piperidine rings is 1. The number of likely N-dealkylation sites (tertiary alicyclic amines) is 1. The first-order valence-electron chi connectivity index (χ1n) is 9.32. The SMILES string of the molecule is Cc1ccc(C2CCN(C(=O)c3cccc(C4(O)COC4)c3)CC2)cc1. The minimum Gasteiger partial charge on any atom is -0.380 e. The van der Waals surface area contributed by atoms with Crippen molar-refractivity contribution in [3.05, 3.63) is 70.8 Å². The molecule has 2 aromatic carbocycles. The van der Waals surface area contributed by atoms with Crippen LogP contribution in [0.25, 0.3) is 0 Å². The van der Waals surface area contributed by atoms with Gasteiger partial charge in [0, 0.05) is 18.7 Å². The zero-order chi connectivity index (χ0) is 18.1. The van der Waals surface area contributed by atoms with E-state index in [-0.39, 0.29) is 5.91 Å². The third kappa shape index (κ3) is 3.27. The molecule has 0 aliphatic carbocycles. The van der Waals surface area contributed by atoms with Crippen LogP contribution >= 0.6 is 0 Å². The highest BCUT2D eigenvalue weighted by Gasteiger charge is 2.38. The third-order valence-corrected chi connectivity index (χ3v) is 5.66. The first-order valence-corrected chi connectivity index (χ1v) is 9.32. The Labute approximate surface area is 154 Å². The van der Waals surface area contributed by atoms with Crippen LogP contribution in [0.3, 0.4) is 0 Å². The van der Waals surface area contributed by atoms with Gasteiger partial charge in [-0.3, -0.25) is 4.79 Å². The van der Waals surface area contributed by atoms with Crippen molar-refractivity contribution in [2.24, 2.45) is 0 Å². The minimum atomic E-state index is -0.936. The Bertz CT molecular complexity index is 787. The molecule has 0 atom stereocenters. The first kappa shape index (κ1) is 17.3. The molecule has 0 spiro atoms. The molecule has 2 aliphatic rings. The van der Waals surface area contributed by atoms with E-state index in [9.17, 15) is 9.90 Å². The number of hydrogen-bond donors (Lipinski definition) is 1. The number of rotatable bonds is 3. The van der Waals surface area contributed by atoms with Crippen LogP contribution in [0.1, 0.15) is 45.8 Å². The lowest BCUT2D eigenvalue weighted by Crippen LogP contribution is -2.46. The number of aryl methyl sites for hydroxylation is 1. The molecular formula is C22H25NO3. The van der Waals surface area contributed by atoms with E-state index in [2.05, 4.69) is 31.2 Å². The predicted octanol–water partition coefficient (Wildman–Crippen LogP) is 3.23. The monoisotopic (exact) mass is 351 g/mol. The van der Waals surface area contributed by atoms with E-state index in [0.29, 0.717) is 24.7 Å². The summed E-state index contributed by atoms with van der Waals surface area (Å²) in [6.07, 6.45) is 1.98. The summed E-state index contributed by atoms with van der Waals surface area (Å²) in [6.45, 7) is 4.24. The summed E-state index contributed by atoms with van der Waals surface area (Å²) >= 11 is 0. The number of amides is 1. The van der Waals surface area contributed by atoms with Gasteiger partial charge in [-0.2, -0.15) is 0 Å². The highest BCUT2D eigenvalue weighted by Crippen LogP contribution is 2.31. The summed E-state index contributed by atoms with van der Waals surface area (Å²) in [6, 6.07) is 16.1. The molecule has 136 valence electrons. The van der Waals surface area contributed by atoms with E-state index >= 15 is 0 Å². The Morgan fingerprint density at radius 2 is 1.81 bits per heavy atom. The molecule has 4 heteroatoms. The Kier molecular flexibility index (Phi) is 4.55. The molecule has 2 aliphatic heterocycles. The summed E-state index contributed by atoms with van der Waals surface area (Å²) in [4.78, 5) is 14.8. The van der Waals surface area contributed by atoms with E-state index in [4.69, 9.17) is 4.74 Å². The second kappa shape index (κ2) is 6.86. The Morgan fingerprint density at radius 3 is 2.42 bits per heavy atom. The van der Waals surface area contributed by atoms with Gasteiger partial charge in [-0.05, 0) is 48.9 Å². The van der Waals surface area contributed by atoms with Gasteiger partial charge < -0.3 is 14.7 Å². The quantitative estimate of drug-likeness (QED) is 0.924. The van der Waals surface area contributed by atoms with E-state index in [1.807, 2.05) is 29.2 Å². The molecule has 26 heavy (non-hydrogen) atoms. The van der Waals surface area contributed by atoms with Crippen molar-refractivity contribution in [1.29, 1.82) is 0 Å². The maximum absolute atomic E-state index is 12.9. The number of ether oxygens (including phenoxy) is 1. The fraction of sp³-hybridized carbons (Fsp3) is 0.409. The van der Waals surface area contributed by atoms with Crippen LogP contribution in [0.15, 0.2) is 48.5 Å². The van der Waals surface area contributed by atoms with Crippen molar-refractivity contribution in [3.8, 4) is 0 Å². The van der Waals surface area contributed by atoms with Crippen LogP contribution in [0.5, 0.6) is 0 Å². The van der Waals surface area contributed by atoms with E-state index in [1.165, 1.54) is 11.1 Å². The second-order valence-corrected chi connectivity index (χ2v) is 7.58. The van der Waals surface area contributed by atoms with Crippen LogP contribution in [0, 0.1) is 6.92 Å². The summed E-state index contributed by atoms with van der Waals surface area (Å²) in [5.74, 6) is 0.580. The summed E-state index contributed by atoms with van der Waals surface area (Å²) in [5, 5.41) is 10.4. The number of aliphatic hydroxyl groups is 1. The first-order chi connectivity index (χ1) is 12.5. The van der Waals surface area contributed by atoms with Gasteiger partial charge in [-0.15, -0.1) is 0 Å². The van der Waals surface area contributed by atoms with Crippen LogP contribution in [-0.4, -0.2) is 42.2 Å².